The standard InChI is InChI=1S/C15H10O5/c16-9-20-13-7-5-11(6-8-13)14(17)10-1-3-12(4-2-10)15(18)19/h1-9H,(H,18,19). The molecule has 0 aliphatic carbocycles. The summed E-state index contributed by atoms with van der Waals surface area (Å²) in [6, 6.07) is 11.8. The molecule has 0 aliphatic heterocycles. The van der Waals surface area contributed by atoms with Crippen molar-refractivity contribution in [3.63, 3.8) is 0 Å². The number of ketones is 1. The normalized spacial score (nSPS) is 9.80. The molecular formula is C15H10O5. The molecule has 0 heterocycles. The average Bonchev–Trinajstić information content (AvgIpc) is 2.48. The minimum absolute atomic E-state index is 0.122. The van der Waals surface area contributed by atoms with Crippen LogP contribution in [0.3, 0.4) is 0 Å². The lowest BCUT2D eigenvalue weighted by Crippen LogP contribution is -2.03. The number of benzene rings is 2. The molecule has 0 fully saturated rings. The highest BCUT2D eigenvalue weighted by atomic mass is 16.5. The molecule has 0 aliphatic rings. The van der Waals surface area contributed by atoms with Crippen LogP contribution in [0.5, 0.6) is 5.75 Å². The van der Waals surface area contributed by atoms with Crippen molar-refractivity contribution in [3.8, 4) is 5.75 Å². The summed E-state index contributed by atoms with van der Waals surface area (Å²) in [5.74, 6) is -0.934. The highest BCUT2D eigenvalue weighted by Crippen LogP contribution is 2.15. The van der Waals surface area contributed by atoms with Gasteiger partial charge in [-0.2, -0.15) is 0 Å². The Morgan fingerprint density at radius 1 is 0.850 bits per heavy atom. The molecule has 20 heavy (non-hydrogen) atoms. The van der Waals surface area contributed by atoms with Crippen LogP contribution in [0.1, 0.15) is 26.3 Å². The largest absolute Gasteiger partial charge is 0.478 e. The number of hydrogen-bond acceptors (Lipinski definition) is 4. The Morgan fingerprint density at radius 3 is 1.75 bits per heavy atom. The summed E-state index contributed by atoms with van der Waals surface area (Å²) < 4.78 is 4.63. The van der Waals surface area contributed by atoms with E-state index in [1.54, 1.807) is 0 Å². The summed E-state index contributed by atoms with van der Waals surface area (Å²) in [5, 5.41) is 8.79. The maximum Gasteiger partial charge on any atom is 0.335 e. The zero-order chi connectivity index (χ0) is 14.5. The molecule has 0 amide bonds. The fourth-order valence-electron chi connectivity index (χ4n) is 1.67. The predicted octanol–water partition coefficient (Wildman–Crippen LogP) is 2.15. The fourth-order valence-corrected chi connectivity index (χ4v) is 1.67. The van der Waals surface area contributed by atoms with E-state index >= 15 is 0 Å². The Morgan fingerprint density at radius 2 is 1.30 bits per heavy atom. The number of carbonyl (C=O) groups is 3. The molecule has 0 spiro atoms. The van der Waals surface area contributed by atoms with Crippen molar-refractivity contribution in [2.45, 2.75) is 0 Å². The molecule has 5 heteroatoms. The van der Waals surface area contributed by atoms with Gasteiger partial charge in [-0.05, 0) is 36.4 Å². The van der Waals surface area contributed by atoms with E-state index < -0.39 is 5.97 Å². The van der Waals surface area contributed by atoms with E-state index in [1.807, 2.05) is 0 Å². The van der Waals surface area contributed by atoms with Gasteiger partial charge >= 0.3 is 5.97 Å². The van der Waals surface area contributed by atoms with E-state index in [0.29, 0.717) is 23.3 Å². The third-order valence-corrected chi connectivity index (χ3v) is 2.69. The van der Waals surface area contributed by atoms with E-state index in [2.05, 4.69) is 4.74 Å². The molecular weight excluding hydrogens is 260 g/mol. The molecule has 0 saturated heterocycles. The van der Waals surface area contributed by atoms with Crippen LogP contribution >= 0.6 is 0 Å². The molecule has 0 unspecified atom stereocenters. The molecule has 5 nitrogen and oxygen atoms in total. The molecule has 0 radical (unpaired) electrons. The number of carboxylic acids is 1. The molecule has 2 aromatic carbocycles. The Kier molecular flexibility index (Phi) is 3.91. The molecule has 2 aromatic rings. The second-order valence-corrected chi connectivity index (χ2v) is 3.95. The van der Waals surface area contributed by atoms with Gasteiger partial charge in [0, 0.05) is 11.1 Å². The monoisotopic (exact) mass is 270 g/mol. The zero-order valence-electron chi connectivity index (χ0n) is 10.3. The highest BCUT2D eigenvalue weighted by molar-refractivity contribution is 6.09. The van der Waals surface area contributed by atoms with Crippen molar-refractivity contribution in [2.75, 3.05) is 0 Å². The maximum atomic E-state index is 12.1. The van der Waals surface area contributed by atoms with Gasteiger partial charge in [0.2, 0.25) is 0 Å². The van der Waals surface area contributed by atoms with Gasteiger partial charge in [0.1, 0.15) is 5.75 Å². The zero-order valence-corrected chi connectivity index (χ0v) is 10.3. The highest BCUT2D eigenvalue weighted by Gasteiger charge is 2.10. The van der Waals surface area contributed by atoms with Crippen LogP contribution in [0.4, 0.5) is 0 Å². The first kappa shape index (κ1) is 13.5. The van der Waals surface area contributed by atoms with Crippen LogP contribution in [-0.2, 0) is 4.79 Å². The predicted molar refractivity (Wildman–Crippen MR) is 70.0 cm³/mol. The Hall–Kier alpha value is -2.95. The van der Waals surface area contributed by atoms with Crippen LogP contribution in [0.2, 0.25) is 0 Å². The number of carbonyl (C=O) groups excluding carboxylic acids is 2. The Labute approximate surface area is 114 Å². The first-order valence-corrected chi connectivity index (χ1v) is 5.70. The van der Waals surface area contributed by atoms with Crippen LogP contribution < -0.4 is 4.74 Å². The maximum absolute atomic E-state index is 12.1. The van der Waals surface area contributed by atoms with Gasteiger partial charge in [0.05, 0.1) is 5.56 Å². The van der Waals surface area contributed by atoms with Crippen molar-refractivity contribution < 1.29 is 24.2 Å². The van der Waals surface area contributed by atoms with Crippen molar-refractivity contribution in [3.05, 3.63) is 65.2 Å². The smallest absolute Gasteiger partial charge is 0.335 e. The minimum Gasteiger partial charge on any atom is -0.478 e. The lowest BCUT2D eigenvalue weighted by Gasteiger charge is -2.03. The second kappa shape index (κ2) is 5.79. The van der Waals surface area contributed by atoms with E-state index in [4.69, 9.17) is 5.11 Å². The molecule has 0 saturated carbocycles. The van der Waals surface area contributed by atoms with Gasteiger partial charge in [-0.25, -0.2) is 4.79 Å². The van der Waals surface area contributed by atoms with Crippen LogP contribution in [0.25, 0.3) is 0 Å². The molecule has 100 valence electrons. The summed E-state index contributed by atoms with van der Waals surface area (Å²) in [6.07, 6.45) is 0. The molecule has 2 rings (SSSR count). The van der Waals surface area contributed by atoms with Gasteiger partial charge in [0.15, 0.2) is 5.78 Å². The minimum atomic E-state index is -1.04. The van der Waals surface area contributed by atoms with Crippen LogP contribution in [0, 0.1) is 0 Å². The van der Waals surface area contributed by atoms with Gasteiger partial charge in [-0.15, -0.1) is 0 Å². The summed E-state index contributed by atoms with van der Waals surface area (Å²) in [4.78, 5) is 33.0. The molecule has 0 atom stereocenters. The van der Waals surface area contributed by atoms with E-state index in [0.717, 1.165) is 0 Å². The number of hydrogen-bond donors (Lipinski definition) is 1. The van der Waals surface area contributed by atoms with E-state index in [9.17, 15) is 14.4 Å². The molecule has 0 bridgehead atoms. The van der Waals surface area contributed by atoms with E-state index in [-0.39, 0.29) is 11.3 Å². The van der Waals surface area contributed by atoms with Crippen molar-refractivity contribution in [1.82, 2.24) is 0 Å². The second-order valence-electron chi connectivity index (χ2n) is 3.95. The molecule has 1 N–H and O–H groups in total. The van der Waals surface area contributed by atoms with Crippen LogP contribution in [0.15, 0.2) is 48.5 Å². The van der Waals surface area contributed by atoms with Crippen molar-refractivity contribution in [2.24, 2.45) is 0 Å². The third kappa shape index (κ3) is 2.89. The van der Waals surface area contributed by atoms with Gasteiger partial charge in [0.25, 0.3) is 6.47 Å². The Balaban J connectivity index is 2.21. The first-order chi connectivity index (χ1) is 9.61. The van der Waals surface area contributed by atoms with Crippen molar-refractivity contribution >= 4 is 18.2 Å². The summed E-state index contributed by atoms with van der Waals surface area (Å²) >= 11 is 0. The average molecular weight is 270 g/mol. The lowest BCUT2D eigenvalue weighted by molar-refractivity contribution is -0.120. The number of aromatic carboxylic acids is 1. The quantitative estimate of drug-likeness (QED) is 0.665. The summed E-state index contributed by atoms with van der Waals surface area (Å²) in [7, 11) is 0. The SMILES string of the molecule is O=COc1ccc(C(=O)c2ccc(C(=O)O)cc2)cc1. The van der Waals surface area contributed by atoms with Gasteiger partial charge in [-0.1, -0.05) is 12.1 Å². The summed E-state index contributed by atoms with van der Waals surface area (Å²) in [6.45, 7) is 0.307. The third-order valence-electron chi connectivity index (χ3n) is 2.69. The Bertz CT molecular complexity index is 641. The first-order valence-electron chi connectivity index (χ1n) is 5.70. The summed E-state index contributed by atoms with van der Waals surface area (Å²) in [5.41, 5.74) is 0.932. The number of carboxylic acid groups (broad SMARTS) is 1. The number of ether oxygens (including phenoxy) is 1. The van der Waals surface area contributed by atoms with Crippen LogP contribution in [-0.4, -0.2) is 23.3 Å². The van der Waals surface area contributed by atoms with Gasteiger partial charge < -0.3 is 9.84 Å². The topological polar surface area (TPSA) is 80.7 Å². The van der Waals surface area contributed by atoms with Crippen molar-refractivity contribution in [1.29, 1.82) is 0 Å². The fraction of sp³-hybridized carbons (Fsp3) is 0. The molecule has 0 aromatic heterocycles. The lowest BCUT2D eigenvalue weighted by atomic mass is 10.0. The number of rotatable bonds is 5. The van der Waals surface area contributed by atoms with Gasteiger partial charge in [-0.3, -0.25) is 9.59 Å². The van der Waals surface area contributed by atoms with E-state index in [1.165, 1.54) is 48.5 Å².